The van der Waals surface area contributed by atoms with Crippen LogP contribution in [0.3, 0.4) is 0 Å². The fraction of sp³-hybridized carbons (Fsp3) is 0.587. The van der Waals surface area contributed by atoms with Gasteiger partial charge < -0.3 is 50.1 Å². The van der Waals surface area contributed by atoms with E-state index in [-0.39, 0.29) is 49.7 Å². The van der Waals surface area contributed by atoms with Gasteiger partial charge >= 0.3 is 0 Å². The lowest BCUT2D eigenvalue weighted by Crippen LogP contribution is -2.34. The summed E-state index contributed by atoms with van der Waals surface area (Å²) < 4.78 is 78.4. The molecule has 4 saturated carbocycles. The van der Waals surface area contributed by atoms with Crippen LogP contribution in [0.2, 0.25) is 29.7 Å². The molecule has 4 aromatic heterocycles. The Hall–Kier alpha value is -5.64. The average molecular weight is 1330 g/mol. The number of nitrogens with one attached hydrogen (secondary N) is 5. The fourth-order valence-corrected chi connectivity index (χ4v) is 15.1. The van der Waals surface area contributed by atoms with Gasteiger partial charge in [0.15, 0.2) is 25.7 Å². The molecule has 490 valence electrons. The second-order valence-corrected chi connectivity index (χ2v) is 36.3. The van der Waals surface area contributed by atoms with Crippen LogP contribution in [0.25, 0.3) is 0 Å². The summed E-state index contributed by atoms with van der Waals surface area (Å²) in [6.07, 6.45) is 20.3. The number of halogens is 2. The Morgan fingerprint density at radius 3 is 1.44 bits per heavy atom. The minimum atomic E-state index is -3.63. The highest BCUT2D eigenvalue weighted by Gasteiger charge is 2.48. The number of hydrogen-bond acceptors (Lipinski definition) is 20. The molecule has 0 atom stereocenters. The summed E-state index contributed by atoms with van der Waals surface area (Å²) in [5, 5.41) is 23.7. The van der Waals surface area contributed by atoms with Crippen molar-refractivity contribution in [3.05, 3.63) is 81.4 Å². The van der Waals surface area contributed by atoms with Gasteiger partial charge in [-0.05, 0) is 217 Å². The van der Waals surface area contributed by atoms with Crippen LogP contribution in [-0.2, 0) is 42.9 Å². The first-order valence-electron chi connectivity index (χ1n) is 31.8. The van der Waals surface area contributed by atoms with E-state index in [0.29, 0.717) is 35.1 Å². The van der Waals surface area contributed by atoms with Crippen LogP contribution in [-0.4, -0.2) is 137 Å². The molecule has 0 radical (unpaired) electrons. The standard InChI is InChI=1S/C29H38ClN7O3S.C26H34ClN7O3S.C8H18O2Si/c1-17(2)41(38,39)28-25(16-36(4)35-28)32-27-23(30)15-31-29(34-27)33-24-13-18(3)22(14-26(24)40-21-7-8-21)19-9-11-37(12-10-19)20-5-6-20;1-15(2)38(35,36)25-22(14-34(4)33-25)30-24-20(27)13-29-26(32-24)31-21-11-16(3)19(17-7-9-28-10-8-17)12-23(21)37-18-5-6-18;1-5-9-8(6-7-8)10-11(2,3)4/h13-17,19-21H,5-12H2,1-4H3,(H2,31,32,33,34);11-15,17-18,28H,5-10H2,1-4H3,(H2,29,30,31,32);5-7H2,1-4H3. The number of aromatic nitrogens is 8. The monoisotopic (exact) mass is 1330 g/mol. The Morgan fingerprint density at radius 2 is 1.07 bits per heavy atom. The third-order valence-electron chi connectivity index (χ3n) is 16.6. The van der Waals surface area contributed by atoms with Crippen molar-refractivity contribution in [2.24, 2.45) is 14.1 Å². The zero-order valence-electron chi connectivity index (χ0n) is 54.0. The number of hydrogen-bond donors (Lipinski definition) is 5. The van der Waals surface area contributed by atoms with Crippen LogP contribution in [0.1, 0.15) is 146 Å². The van der Waals surface area contributed by atoms with Crippen LogP contribution in [0.5, 0.6) is 11.5 Å². The molecule has 0 bridgehead atoms. The Balaban J connectivity index is 0.000000170. The van der Waals surface area contributed by atoms with Crippen molar-refractivity contribution in [2.75, 3.05) is 54.1 Å². The van der Waals surface area contributed by atoms with E-state index < -0.39 is 38.5 Å². The molecule has 6 fully saturated rings. The molecular weight excluding hydrogens is 1240 g/mol. The van der Waals surface area contributed by atoms with Gasteiger partial charge in [0.2, 0.25) is 41.6 Å². The van der Waals surface area contributed by atoms with Gasteiger partial charge in [0.05, 0.1) is 57.9 Å². The molecule has 4 aliphatic carbocycles. The molecule has 22 nitrogen and oxygen atoms in total. The lowest BCUT2D eigenvalue weighted by Gasteiger charge is -2.33. The van der Waals surface area contributed by atoms with E-state index in [9.17, 15) is 16.8 Å². The number of anilines is 8. The summed E-state index contributed by atoms with van der Waals surface area (Å²) in [5.41, 5.74) is 7.27. The third kappa shape index (κ3) is 17.1. The molecule has 2 aliphatic heterocycles. The van der Waals surface area contributed by atoms with Crippen LogP contribution in [0.15, 0.2) is 59.1 Å². The lowest BCUT2D eigenvalue weighted by molar-refractivity contribution is -0.106. The minimum absolute atomic E-state index is 0.0477. The van der Waals surface area contributed by atoms with Gasteiger partial charge in [-0.2, -0.15) is 20.2 Å². The first kappa shape index (κ1) is 67.3. The van der Waals surface area contributed by atoms with E-state index in [1.807, 2.05) is 6.92 Å². The quantitative estimate of drug-likeness (QED) is 0.0295. The number of sulfone groups is 2. The highest BCUT2D eigenvalue weighted by molar-refractivity contribution is 7.92. The molecule has 27 heteroatoms. The van der Waals surface area contributed by atoms with Crippen molar-refractivity contribution in [3.8, 4) is 11.5 Å². The molecule has 2 aromatic carbocycles. The Morgan fingerprint density at radius 1 is 0.633 bits per heavy atom. The van der Waals surface area contributed by atoms with Crippen LogP contribution >= 0.6 is 23.2 Å². The number of benzene rings is 2. The molecule has 12 rings (SSSR count). The molecule has 0 spiro atoms. The summed E-state index contributed by atoms with van der Waals surface area (Å²) in [5.74, 6) is 3.65. The highest BCUT2D eigenvalue weighted by Crippen LogP contribution is 2.45. The second-order valence-electron chi connectivity index (χ2n) is 26.2. The number of likely N-dealkylation sites (tertiary alicyclic amines) is 1. The summed E-state index contributed by atoms with van der Waals surface area (Å²) >= 11 is 12.8. The number of nitrogens with zero attached hydrogens (tertiary/aromatic N) is 9. The summed E-state index contributed by atoms with van der Waals surface area (Å²) in [4.78, 5) is 20.6. The molecule has 90 heavy (non-hydrogen) atoms. The van der Waals surface area contributed by atoms with E-state index in [2.05, 4.69) is 119 Å². The topological polar surface area (TPSA) is 256 Å². The van der Waals surface area contributed by atoms with Gasteiger partial charge in [-0.3, -0.25) is 9.36 Å². The number of aryl methyl sites for hydroxylation is 4. The van der Waals surface area contributed by atoms with E-state index in [4.69, 9.17) is 41.8 Å². The fourth-order valence-electron chi connectivity index (χ4n) is 11.3. The number of rotatable bonds is 23. The zero-order chi connectivity index (χ0) is 64.5. The molecule has 6 aliphatic rings. The predicted octanol–water partition coefficient (Wildman–Crippen LogP) is 12.9. The molecule has 6 aromatic rings. The summed E-state index contributed by atoms with van der Waals surface area (Å²) in [6, 6.07) is 9.41. The van der Waals surface area contributed by atoms with Crippen molar-refractivity contribution in [1.29, 1.82) is 0 Å². The minimum Gasteiger partial charge on any atom is -0.488 e. The molecule has 0 amide bonds. The van der Waals surface area contributed by atoms with Crippen molar-refractivity contribution in [2.45, 2.75) is 202 Å². The van der Waals surface area contributed by atoms with Crippen LogP contribution < -0.4 is 36.1 Å². The van der Waals surface area contributed by atoms with Gasteiger partial charge in [0, 0.05) is 52.0 Å². The highest BCUT2D eigenvalue weighted by atomic mass is 35.5. The summed E-state index contributed by atoms with van der Waals surface area (Å²) in [7, 11) is -5.31. The van der Waals surface area contributed by atoms with Crippen molar-refractivity contribution in [3.63, 3.8) is 0 Å². The second kappa shape index (κ2) is 27.9. The Kier molecular flexibility index (Phi) is 20.8. The van der Waals surface area contributed by atoms with E-state index in [0.717, 1.165) is 100.0 Å². The van der Waals surface area contributed by atoms with Crippen molar-refractivity contribution in [1.82, 2.24) is 49.7 Å². The Bertz CT molecular complexity index is 3740. The predicted molar refractivity (Wildman–Crippen MR) is 357 cm³/mol. The maximum atomic E-state index is 12.9. The van der Waals surface area contributed by atoms with Gasteiger partial charge in [0.25, 0.3) is 0 Å². The average Bonchev–Trinajstić information content (AvgIpc) is 1.42. The van der Waals surface area contributed by atoms with E-state index >= 15 is 0 Å². The van der Waals surface area contributed by atoms with Gasteiger partial charge in [-0.25, -0.2) is 26.8 Å². The smallest absolute Gasteiger partial charge is 0.229 e. The largest absolute Gasteiger partial charge is 0.488 e. The van der Waals surface area contributed by atoms with Crippen molar-refractivity contribution < 1.29 is 35.5 Å². The van der Waals surface area contributed by atoms with E-state index in [1.54, 1.807) is 54.2 Å². The molecule has 6 heterocycles. The number of ether oxygens (including phenoxy) is 3. The lowest BCUT2D eigenvalue weighted by atomic mass is 9.86. The molecule has 0 unspecified atom stereocenters. The van der Waals surface area contributed by atoms with Gasteiger partial charge in [-0.1, -0.05) is 23.2 Å². The Labute approximate surface area is 542 Å². The normalized spacial score (nSPS) is 18.1. The number of piperidine rings is 2. The molecule has 2 saturated heterocycles. The SMILES string of the molecule is CCOC1(O[Si](C)(C)C)CC1.Cc1cc(Nc2ncc(Cl)c(Nc3cn(C)nc3S(=O)(=O)C(C)C)n2)c(OC2CC2)cc1C1CCN(C2CC2)CC1.Cc1cc(Nc2ncc(Cl)c(Nc3cn(C)nc3S(=O)(=O)C(C)C)n2)c(OC2CC2)cc1C1CCNCC1. The van der Waals surface area contributed by atoms with Crippen LogP contribution in [0.4, 0.5) is 46.3 Å². The summed E-state index contributed by atoms with van der Waals surface area (Å²) in [6.45, 7) is 24.5. The third-order valence-corrected chi connectivity index (χ3v) is 22.3. The maximum Gasteiger partial charge on any atom is 0.229 e. The van der Waals surface area contributed by atoms with Gasteiger partial charge in [-0.15, -0.1) is 0 Å². The van der Waals surface area contributed by atoms with Gasteiger partial charge in [0.1, 0.15) is 21.5 Å². The van der Waals surface area contributed by atoms with Crippen LogP contribution in [0, 0.1) is 13.8 Å². The first-order chi connectivity index (χ1) is 42.7. The molecule has 5 N–H and O–H groups in total. The van der Waals surface area contributed by atoms with E-state index in [1.165, 1.54) is 82.8 Å². The maximum absolute atomic E-state index is 12.9. The first-order valence-corrected chi connectivity index (χ1v) is 39.0. The van der Waals surface area contributed by atoms with Crippen molar-refractivity contribution >= 4 is 97.5 Å². The zero-order valence-corrected chi connectivity index (χ0v) is 58.2. The molecular formula is C63H90Cl2N14O8S2Si.